The third kappa shape index (κ3) is 4.89. The van der Waals surface area contributed by atoms with Gasteiger partial charge in [-0.1, -0.05) is 60.5 Å². The molecule has 0 fully saturated rings. The van der Waals surface area contributed by atoms with Crippen LogP contribution in [0.15, 0.2) is 54.6 Å². The minimum atomic E-state index is 0.0908. The Morgan fingerprint density at radius 3 is 2.21 bits per heavy atom. The summed E-state index contributed by atoms with van der Waals surface area (Å²) in [6.45, 7) is 0. The summed E-state index contributed by atoms with van der Waals surface area (Å²) in [6, 6.07) is 18.4. The third-order valence-electron chi connectivity index (χ3n) is 3.25. The van der Waals surface area contributed by atoms with E-state index in [0.29, 0.717) is 0 Å². The lowest BCUT2D eigenvalue weighted by molar-refractivity contribution is 0.666. The first-order valence-electron chi connectivity index (χ1n) is 6.69. The van der Waals surface area contributed by atoms with E-state index in [1.54, 1.807) is 0 Å². The van der Waals surface area contributed by atoms with Crippen LogP contribution in [0.4, 0.5) is 0 Å². The summed E-state index contributed by atoms with van der Waals surface area (Å²) in [5.41, 5.74) is 2.56. The zero-order valence-corrected chi connectivity index (χ0v) is 12.4. The van der Waals surface area contributed by atoms with E-state index in [2.05, 4.69) is 30.3 Å². The van der Waals surface area contributed by atoms with E-state index in [4.69, 9.17) is 23.2 Å². The van der Waals surface area contributed by atoms with Crippen molar-refractivity contribution in [2.45, 2.75) is 31.1 Å². The van der Waals surface area contributed by atoms with Crippen molar-refractivity contribution >= 4 is 23.2 Å². The van der Waals surface area contributed by atoms with Crippen LogP contribution in [0.3, 0.4) is 0 Å². The molecule has 100 valence electrons. The van der Waals surface area contributed by atoms with E-state index in [-0.39, 0.29) is 5.38 Å². The lowest BCUT2D eigenvalue weighted by atomic mass is 10.0. The lowest BCUT2D eigenvalue weighted by Gasteiger charge is -2.09. The van der Waals surface area contributed by atoms with Crippen LogP contribution in [-0.4, -0.2) is 0 Å². The summed E-state index contributed by atoms with van der Waals surface area (Å²) in [6.07, 6.45) is 4.47. The van der Waals surface area contributed by atoms with Gasteiger partial charge in [0, 0.05) is 5.02 Å². The van der Waals surface area contributed by atoms with Crippen LogP contribution in [0, 0.1) is 0 Å². The van der Waals surface area contributed by atoms with Gasteiger partial charge in [-0.2, -0.15) is 0 Å². The minimum absolute atomic E-state index is 0.0908. The molecule has 0 heterocycles. The molecule has 0 bridgehead atoms. The van der Waals surface area contributed by atoms with Crippen LogP contribution in [0.5, 0.6) is 0 Å². The van der Waals surface area contributed by atoms with Crippen molar-refractivity contribution in [1.29, 1.82) is 0 Å². The topological polar surface area (TPSA) is 0 Å². The maximum Gasteiger partial charge on any atom is 0.0585 e. The van der Waals surface area contributed by atoms with E-state index < -0.39 is 0 Å². The molecule has 0 nitrogen and oxygen atoms in total. The summed E-state index contributed by atoms with van der Waals surface area (Å²) in [5, 5.41) is 0.852. The van der Waals surface area contributed by atoms with E-state index in [0.717, 1.165) is 29.8 Å². The zero-order valence-electron chi connectivity index (χ0n) is 10.9. The van der Waals surface area contributed by atoms with Crippen molar-refractivity contribution in [1.82, 2.24) is 0 Å². The second kappa shape index (κ2) is 7.57. The van der Waals surface area contributed by atoms with Gasteiger partial charge < -0.3 is 0 Å². The highest BCUT2D eigenvalue weighted by atomic mass is 35.5. The van der Waals surface area contributed by atoms with Gasteiger partial charge in [0.05, 0.1) is 5.38 Å². The van der Waals surface area contributed by atoms with Crippen molar-refractivity contribution in [2.75, 3.05) is 0 Å². The molecular formula is C17H18Cl2. The molecule has 0 amide bonds. The molecule has 0 saturated heterocycles. The van der Waals surface area contributed by atoms with E-state index >= 15 is 0 Å². The molecule has 0 aliphatic heterocycles. The van der Waals surface area contributed by atoms with Crippen molar-refractivity contribution in [3.63, 3.8) is 0 Å². The Labute approximate surface area is 125 Å². The molecular weight excluding hydrogens is 275 g/mol. The molecule has 1 unspecified atom stereocenters. The van der Waals surface area contributed by atoms with Gasteiger partial charge in [0.1, 0.15) is 0 Å². The standard InChI is InChI=1S/C17H18Cl2/c18-16-12-10-15(11-13-16)17(19)9-5-4-8-14-6-2-1-3-7-14/h1-3,6-7,10-13,17H,4-5,8-9H2. The van der Waals surface area contributed by atoms with Crippen LogP contribution >= 0.6 is 23.2 Å². The largest absolute Gasteiger partial charge is 0.118 e. The molecule has 0 aliphatic carbocycles. The van der Waals surface area contributed by atoms with Crippen molar-refractivity contribution < 1.29 is 0 Å². The van der Waals surface area contributed by atoms with E-state index in [1.807, 2.05) is 24.3 Å². The lowest BCUT2D eigenvalue weighted by Crippen LogP contribution is -1.92. The first kappa shape index (κ1) is 14.4. The Bertz CT molecular complexity index is 476. The second-order valence-electron chi connectivity index (χ2n) is 4.75. The number of alkyl halides is 1. The quantitative estimate of drug-likeness (QED) is 0.450. The number of hydrogen-bond donors (Lipinski definition) is 0. The highest BCUT2D eigenvalue weighted by molar-refractivity contribution is 6.30. The molecule has 2 aromatic rings. The van der Waals surface area contributed by atoms with Crippen LogP contribution in [-0.2, 0) is 6.42 Å². The Hall–Kier alpha value is -0.980. The number of hydrogen-bond acceptors (Lipinski definition) is 0. The minimum Gasteiger partial charge on any atom is -0.118 e. The van der Waals surface area contributed by atoms with Crippen molar-refractivity contribution in [3.8, 4) is 0 Å². The number of benzene rings is 2. The fourth-order valence-corrected chi connectivity index (χ4v) is 2.56. The fourth-order valence-electron chi connectivity index (χ4n) is 2.14. The molecule has 0 saturated carbocycles. The maximum atomic E-state index is 6.40. The van der Waals surface area contributed by atoms with Crippen LogP contribution in [0.2, 0.25) is 5.02 Å². The van der Waals surface area contributed by atoms with Gasteiger partial charge in [-0.05, 0) is 42.5 Å². The van der Waals surface area contributed by atoms with Gasteiger partial charge >= 0.3 is 0 Å². The van der Waals surface area contributed by atoms with E-state index in [1.165, 1.54) is 12.0 Å². The monoisotopic (exact) mass is 292 g/mol. The number of rotatable bonds is 6. The van der Waals surface area contributed by atoms with Crippen molar-refractivity contribution in [2.24, 2.45) is 0 Å². The van der Waals surface area contributed by atoms with Crippen molar-refractivity contribution in [3.05, 3.63) is 70.7 Å². The fraction of sp³-hybridized carbons (Fsp3) is 0.294. The van der Waals surface area contributed by atoms with Gasteiger partial charge in [-0.3, -0.25) is 0 Å². The molecule has 19 heavy (non-hydrogen) atoms. The Kier molecular flexibility index (Phi) is 5.75. The first-order chi connectivity index (χ1) is 9.25. The summed E-state index contributed by atoms with van der Waals surface area (Å²) in [7, 11) is 0. The highest BCUT2D eigenvalue weighted by Gasteiger charge is 2.07. The Morgan fingerprint density at radius 2 is 1.53 bits per heavy atom. The number of aryl methyl sites for hydroxylation is 1. The molecule has 0 spiro atoms. The molecule has 0 aliphatic rings. The zero-order chi connectivity index (χ0) is 13.5. The first-order valence-corrected chi connectivity index (χ1v) is 7.50. The van der Waals surface area contributed by atoms with Crippen LogP contribution in [0.1, 0.15) is 35.8 Å². The molecule has 2 heteroatoms. The average molecular weight is 293 g/mol. The predicted octanol–water partition coefficient (Wildman–Crippen LogP) is 6.03. The molecule has 1 atom stereocenters. The summed E-state index contributed by atoms with van der Waals surface area (Å²) in [4.78, 5) is 0. The van der Waals surface area contributed by atoms with E-state index in [9.17, 15) is 0 Å². The highest BCUT2D eigenvalue weighted by Crippen LogP contribution is 2.27. The van der Waals surface area contributed by atoms with Gasteiger partial charge in [0.25, 0.3) is 0 Å². The van der Waals surface area contributed by atoms with Gasteiger partial charge in [-0.25, -0.2) is 0 Å². The SMILES string of the molecule is Clc1ccc(C(Cl)CCCCc2ccccc2)cc1. The predicted molar refractivity (Wildman–Crippen MR) is 84.0 cm³/mol. The maximum absolute atomic E-state index is 6.40. The van der Waals surface area contributed by atoms with Gasteiger partial charge in [0.2, 0.25) is 0 Å². The third-order valence-corrected chi connectivity index (χ3v) is 3.97. The van der Waals surface area contributed by atoms with Crippen LogP contribution < -0.4 is 0 Å². The van der Waals surface area contributed by atoms with Gasteiger partial charge in [0.15, 0.2) is 0 Å². The Balaban J connectivity index is 1.72. The summed E-state index contributed by atoms with van der Waals surface area (Å²) in [5.74, 6) is 0. The smallest absolute Gasteiger partial charge is 0.0585 e. The summed E-state index contributed by atoms with van der Waals surface area (Å²) < 4.78 is 0. The molecule has 0 N–H and O–H groups in total. The van der Waals surface area contributed by atoms with Crippen LogP contribution in [0.25, 0.3) is 0 Å². The second-order valence-corrected chi connectivity index (χ2v) is 5.71. The molecule has 2 aromatic carbocycles. The normalized spacial score (nSPS) is 12.3. The number of unbranched alkanes of at least 4 members (excludes halogenated alkanes) is 1. The summed E-state index contributed by atoms with van der Waals surface area (Å²) >= 11 is 12.3. The van der Waals surface area contributed by atoms with Gasteiger partial charge in [-0.15, -0.1) is 11.6 Å². The molecule has 0 aromatic heterocycles. The Morgan fingerprint density at radius 1 is 0.842 bits per heavy atom. The average Bonchev–Trinajstić information content (AvgIpc) is 2.45. The molecule has 0 radical (unpaired) electrons. The number of halogens is 2. The molecule has 2 rings (SSSR count).